The predicted octanol–water partition coefficient (Wildman–Crippen LogP) is 3.56. The monoisotopic (exact) mass is 457 g/mol. The number of imidazole rings is 2. The highest BCUT2D eigenvalue weighted by molar-refractivity contribution is 5.87. The summed E-state index contributed by atoms with van der Waals surface area (Å²) in [7, 11) is 0. The minimum Gasteiger partial charge on any atom is -0.508 e. The molecule has 1 aromatic carbocycles. The van der Waals surface area contributed by atoms with Gasteiger partial charge in [-0.15, -0.1) is 0 Å². The van der Waals surface area contributed by atoms with Crippen molar-refractivity contribution in [3.8, 4) is 17.1 Å². The summed E-state index contributed by atoms with van der Waals surface area (Å²) < 4.78 is 7.74. The molecule has 0 radical (unpaired) electrons. The largest absolute Gasteiger partial charge is 0.508 e. The molecule has 0 spiro atoms. The van der Waals surface area contributed by atoms with Crippen molar-refractivity contribution in [2.24, 2.45) is 0 Å². The first-order valence-corrected chi connectivity index (χ1v) is 11.8. The maximum Gasteiger partial charge on any atom is 0.164 e. The normalized spacial score (nSPS) is 17.8. The number of aromatic amines is 1. The van der Waals surface area contributed by atoms with Gasteiger partial charge in [0.2, 0.25) is 0 Å². The lowest BCUT2D eigenvalue weighted by molar-refractivity contribution is 0.161. The first-order chi connectivity index (χ1) is 16.7. The molecule has 2 N–H and O–H groups in total. The first kappa shape index (κ1) is 21.0. The Kier molecular flexibility index (Phi) is 5.56. The molecule has 3 aromatic heterocycles. The molecule has 6 rings (SSSR count). The molecule has 174 valence electrons. The highest BCUT2D eigenvalue weighted by atomic mass is 16.5. The van der Waals surface area contributed by atoms with Crippen LogP contribution in [0.25, 0.3) is 28.1 Å². The van der Waals surface area contributed by atoms with Gasteiger partial charge in [0.15, 0.2) is 11.5 Å². The standard InChI is InChI=1S/C25H27N7O2/c33-21-3-1-2-18(12-21)24-29-22(17-6-10-34-11-7-17)23-25(30-24)32(16-28-23)20-4-8-31(9-5-20)14-19-13-26-15-27-19/h1-3,6,12-13,15-16,20,33H,4-5,7-11,14H2,(H,26,27). The zero-order valence-corrected chi connectivity index (χ0v) is 18.9. The summed E-state index contributed by atoms with van der Waals surface area (Å²) in [5.41, 5.74) is 5.61. The number of fused-ring (bicyclic) bond motifs is 1. The van der Waals surface area contributed by atoms with Crippen molar-refractivity contribution in [3.63, 3.8) is 0 Å². The summed E-state index contributed by atoms with van der Waals surface area (Å²) >= 11 is 0. The molecule has 0 unspecified atom stereocenters. The number of aromatic nitrogens is 6. The van der Waals surface area contributed by atoms with Gasteiger partial charge in [-0.1, -0.05) is 18.2 Å². The zero-order chi connectivity index (χ0) is 22.9. The Hall–Kier alpha value is -3.56. The van der Waals surface area contributed by atoms with Gasteiger partial charge in [-0.25, -0.2) is 19.9 Å². The average Bonchev–Trinajstić information content (AvgIpc) is 3.55. The maximum absolute atomic E-state index is 10.0. The molecular formula is C25H27N7O2. The molecule has 0 aliphatic carbocycles. The van der Waals surface area contributed by atoms with Crippen LogP contribution in [0.2, 0.25) is 0 Å². The molecule has 0 saturated carbocycles. The number of hydrogen-bond donors (Lipinski definition) is 2. The molecule has 0 atom stereocenters. The molecule has 4 aromatic rings. The quantitative estimate of drug-likeness (QED) is 0.472. The minimum atomic E-state index is 0.200. The van der Waals surface area contributed by atoms with E-state index < -0.39 is 0 Å². The van der Waals surface area contributed by atoms with Gasteiger partial charge >= 0.3 is 0 Å². The number of H-pyrrole nitrogens is 1. The second-order valence-corrected chi connectivity index (χ2v) is 8.91. The van der Waals surface area contributed by atoms with E-state index in [0.29, 0.717) is 25.1 Å². The molecule has 5 heterocycles. The number of phenolic OH excluding ortho intramolecular Hbond substituents is 1. The van der Waals surface area contributed by atoms with Gasteiger partial charge in [0.25, 0.3) is 0 Å². The lowest BCUT2D eigenvalue weighted by Gasteiger charge is -2.32. The molecule has 2 aliphatic heterocycles. The van der Waals surface area contributed by atoms with Gasteiger partial charge < -0.3 is 19.4 Å². The Bertz CT molecular complexity index is 1320. The van der Waals surface area contributed by atoms with E-state index in [9.17, 15) is 5.11 Å². The summed E-state index contributed by atoms with van der Waals surface area (Å²) in [4.78, 5) is 24.4. The third-order valence-electron chi connectivity index (χ3n) is 6.69. The smallest absolute Gasteiger partial charge is 0.164 e. The van der Waals surface area contributed by atoms with Crippen LogP contribution in [0.5, 0.6) is 5.75 Å². The van der Waals surface area contributed by atoms with Gasteiger partial charge in [-0.3, -0.25) is 4.90 Å². The summed E-state index contributed by atoms with van der Waals surface area (Å²) in [6.45, 7) is 4.15. The second-order valence-electron chi connectivity index (χ2n) is 8.91. The van der Waals surface area contributed by atoms with Crippen LogP contribution >= 0.6 is 0 Å². The fraction of sp³-hybridized carbons (Fsp3) is 0.360. The Morgan fingerprint density at radius 3 is 2.85 bits per heavy atom. The van der Waals surface area contributed by atoms with Crippen LogP contribution in [-0.4, -0.2) is 65.8 Å². The van der Waals surface area contributed by atoms with Crippen molar-refractivity contribution >= 4 is 16.7 Å². The molecule has 2 aliphatic rings. The molecular weight excluding hydrogens is 430 g/mol. The number of nitrogens with zero attached hydrogens (tertiary/aromatic N) is 6. The van der Waals surface area contributed by atoms with Gasteiger partial charge in [0.1, 0.15) is 11.3 Å². The topological polar surface area (TPSA) is 105 Å². The molecule has 34 heavy (non-hydrogen) atoms. The van der Waals surface area contributed by atoms with E-state index in [-0.39, 0.29) is 5.75 Å². The highest BCUT2D eigenvalue weighted by Crippen LogP contribution is 2.32. The third-order valence-corrected chi connectivity index (χ3v) is 6.69. The summed E-state index contributed by atoms with van der Waals surface area (Å²) in [6, 6.07) is 7.44. The Labute approximate surface area is 197 Å². The van der Waals surface area contributed by atoms with Crippen LogP contribution in [0.3, 0.4) is 0 Å². The number of piperidine rings is 1. The molecule has 0 amide bonds. The second kappa shape index (κ2) is 9.00. The van der Waals surface area contributed by atoms with Gasteiger partial charge in [0.05, 0.1) is 31.6 Å². The Balaban J connectivity index is 1.35. The van der Waals surface area contributed by atoms with Gasteiger partial charge in [-0.2, -0.15) is 0 Å². The zero-order valence-electron chi connectivity index (χ0n) is 18.9. The van der Waals surface area contributed by atoms with E-state index in [0.717, 1.165) is 72.6 Å². The van der Waals surface area contributed by atoms with Crippen LogP contribution in [-0.2, 0) is 11.3 Å². The Morgan fingerprint density at radius 2 is 2.09 bits per heavy atom. The summed E-state index contributed by atoms with van der Waals surface area (Å²) in [5, 5.41) is 10.0. The number of nitrogens with one attached hydrogen (secondary N) is 1. The van der Waals surface area contributed by atoms with E-state index in [1.807, 2.05) is 24.7 Å². The van der Waals surface area contributed by atoms with Crippen molar-refractivity contribution in [3.05, 3.63) is 60.6 Å². The third kappa shape index (κ3) is 4.08. The number of ether oxygens (including phenoxy) is 1. The van der Waals surface area contributed by atoms with Crippen LogP contribution < -0.4 is 0 Å². The lowest BCUT2D eigenvalue weighted by Crippen LogP contribution is -2.34. The van der Waals surface area contributed by atoms with E-state index in [2.05, 4.69) is 25.5 Å². The Morgan fingerprint density at radius 1 is 1.18 bits per heavy atom. The van der Waals surface area contributed by atoms with Crippen LogP contribution in [0, 0.1) is 0 Å². The number of phenols is 1. The molecule has 0 bridgehead atoms. The summed E-state index contributed by atoms with van der Waals surface area (Å²) in [5.74, 6) is 0.801. The fourth-order valence-electron chi connectivity index (χ4n) is 4.89. The van der Waals surface area contributed by atoms with Crippen LogP contribution in [0.4, 0.5) is 0 Å². The van der Waals surface area contributed by atoms with Gasteiger partial charge in [0, 0.05) is 43.1 Å². The predicted molar refractivity (Wildman–Crippen MR) is 128 cm³/mol. The van der Waals surface area contributed by atoms with Crippen molar-refractivity contribution in [1.29, 1.82) is 0 Å². The fourth-order valence-corrected chi connectivity index (χ4v) is 4.89. The molecule has 1 fully saturated rings. The highest BCUT2D eigenvalue weighted by Gasteiger charge is 2.25. The number of likely N-dealkylation sites (tertiary alicyclic amines) is 1. The van der Waals surface area contributed by atoms with E-state index in [4.69, 9.17) is 19.7 Å². The van der Waals surface area contributed by atoms with Crippen molar-refractivity contribution in [2.75, 3.05) is 26.3 Å². The molecule has 9 nitrogen and oxygen atoms in total. The lowest BCUT2D eigenvalue weighted by atomic mass is 10.0. The van der Waals surface area contributed by atoms with Crippen LogP contribution in [0.15, 0.2) is 49.2 Å². The number of benzene rings is 1. The summed E-state index contributed by atoms with van der Waals surface area (Å²) in [6.07, 6.45) is 10.5. The van der Waals surface area contributed by atoms with E-state index >= 15 is 0 Å². The van der Waals surface area contributed by atoms with E-state index in [1.165, 1.54) is 0 Å². The molecule has 1 saturated heterocycles. The van der Waals surface area contributed by atoms with E-state index in [1.54, 1.807) is 18.5 Å². The van der Waals surface area contributed by atoms with Crippen molar-refractivity contribution in [1.82, 2.24) is 34.4 Å². The maximum atomic E-state index is 10.0. The van der Waals surface area contributed by atoms with Crippen LogP contribution in [0.1, 0.15) is 36.7 Å². The first-order valence-electron chi connectivity index (χ1n) is 11.8. The number of hydrogen-bond acceptors (Lipinski definition) is 7. The van der Waals surface area contributed by atoms with Gasteiger partial charge in [-0.05, 0) is 37.0 Å². The average molecular weight is 458 g/mol. The molecule has 9 heteroatoms. The van der Waals surface area contributed by atoms with Crippen molar-refractivity contribution in [2.45, 2.75) is 31.8 Å². The minimum absolute atomic E-state index is 0.200. The number of aromatic hydroxyl groups is 1. The van der Waals surface area contributed by atoms with Crippen molar-refractivity contribution < 1.29 is 9.84 Å². The SMILES string of the molecule is Oc1cccc(-c2nc(C3=CCOCC3)c3ncn(C4CCN(Cc5cnc[nH]5)CC4)c3n2)c1. The number of rotatable bonds is 5.